The monoisotopic (exact) mass is 655 g/mol. The molecule has 0 atom stereocenters. The fourth-order valence-corrected chi connectivity index (χ4v) is 8.10. The highest BCUT2D eigenvalue weighted by Crippen LogP contribution is 2.36. The molecule has 6 aromatic heterocycles. The molecule has 0 bridgehead atoms. The van der Waals surface area contributed by atoms with Gasteiger partial charge in [0.25, 0.3) is 0 Å². The molecule has 238 valence electrons. The van der Waals surface area contributed by atoms with Crippen LogP contribution in [0.2, 0.25) is 0 Å². The van der Waals surface area contributed by atoms with E-state index in [1.54, 1.807) is 12.4 Å². The third kappa shape index (κ3) is 3.48. The van der Waals surface area contributed by atoms with E-state index in [2.05, 4.69) is 138 Å². The standard InChI is InChI=1S/C42H25N9/c1-4-15-33-29(12-1)30-21-20-28(49-39-40(44-23-22-43-39)51-35-17-6-3-14-32(35)46-42(49)51)25-38(30)47(33)26-10-9-11-27(24-26)48-36-18-7-8-19-37(36)50-34-16-5-2-13-31(34)45-41(48)50/h1-25H. The lowest BCUT2D eigenvalue weighted by Crippen LogP contribution is -2.00. The highest BCUT2D eigenvalue weighted by molar-refractivity contribution is 6.10. The molecule has 0 radical (unpaired) electrons. The summed E-state index contributed by atoms with van der Waals surface area (Å²) >= 11 is 0. The van der Waals surface area contributed by atoms with E-state index < -0.39 is 0 Å². The SMILES string of the molecule is c1cc(-n2c3ccccc3c3ccc(-n4c5nccnc5n5c6ccccc6nc45)cc32)cc(-n2c3ccccc3n3c4ccccc4nc23)c1. The summed E-state index contributed by atoms with van der Waals surface area (Å²) in [6.45, 7) is 0. The molecular formula is C42H25N9. The summed E-state index contributed by atoms with van der Waals surface area (Å²) in [5, 5.41) is 2.35. The molecular weight excluding hydrogens is 631 g/mol. The molecule has 12 aromatic rings. The summed E-state index contributed by atoms with van der Waals surface area (Å²) in [5.74, 6) is 1.66. The number of rotatable bonds is 3. The van der Waals surface area contributed by atoms with Crippen LogP contribution >= 0.6 is 0 Å². The van der Waals surface area contributed by atoms with Crippen LogP contribution in [0.5, 0.6) is 0 Å². The zero-order valence-corrected chi connectivity index (χ0v) is 27.0. The van der Waals surface area contributed by atoms with E-state index >= 15 is 0 Å². The van der Waals surface area contributed by atoms with Gasteiger partial charge in [0, 0.05) is 28.9 Å². The van der Waals surface area contributed by atoms with Gasteiger partial charge >= 0.3 is 0 Å². The molecule has 6 aromatic carbocycles. The van der Waals surface area contributed by atoms with Gasteiger partial charge in [0.15, 0.2) is 11.3 Å². The quantitative estimate of drug-likeness (QED) is 0.190. The Labute approximate surface area is 288 Å². The van der Waals surface area contributed by atoms with Gasteiger partial charge in [-0.05, 0) is 72.8 Å². The van der Waals surface area contributed by atoms with Gasteiger partial charge in [-0.1, -0.05) is 66.7 Å². The first-order valence-electron chi connectivity index (χ1n) is 16.9. The lowest BCUT2D eigenvalue weighted by atomic mass is 10.1. The molecule has 0 aliphatic heterocycles. The van der Waals surface area contributed by atoms with E-state index in [0.717, 1.165) is 84.0 Å². The molecule has 9 nitrogen and oxygen atoms in total. The fourth-order valence-electron chi connectivity index (χ4n) is 8.10. The Morgan fingerprint density at radius 3 is 1.71 bits per heavy atom. The Morgan fingerprint density at radius 2 is 0.922 bits per heavy atom. The second kappa shape index (κ2) is 9.67. The minimum Gasteiger partial charge on any atom is -0.309 e. The van der Waals surface area contributed by atoms with Crippen molar-refractivity contribution in [2.75, 3.05) is 0 Å². The lowest BCUT2D eigenvalue weighted by molar-refractivity contribution is 1.08. The van der Waals surface area contributed by atoms with Gasteiger partial charge in [-0.2, -0.15) is 0 Å². The second-order valence-electron chi connectivity index (χ2n) is 12.9. The van der Waals surface area contributed by atoms with E-state index in [-0.39, 0.29) is 0 Å². The highest BCUT2D eigenvalue weighted by atomic mass is 15.3. The van der Waals surface area contributed by atoms with Crippen LogP contribution in [-0.2, 0) is 0 Å². The van der Waals surface area contributed by atoms with Gasteiger partial charge in [-0.25, -0.2) is 19.9 Å². The molecule has 9 heteroatoms. The van der Waals surface area contributed by atoms with Crippen molar-refractivity contribution in [2.24, 2.45) is 0 Å². The van der Waals surface area contributed by atoms with Crippen LogP contribution in [0.25, 0.3) is 94.8 Å². The van der Waals surface area contributed by atoms with Crippen molar-refractivity contribution in [2.45, 2.75) is 0 Å². The third-order valence-corrected chi connectivity index (χ3v) is 10.2. The zero-order valence-electron chi connectivity index (χ0n) is 27.0. The summed E-state index contributed by atoms with van der Waals surface area (Å²) in [6, 6.07) is 49.0. The van der Waals surface area contributed by atoms with Crippen molar-refractivity contribution in [3.05, 3.63) is 152 Å². The molecule has 0 saturated heterocycles. The average molecular weight is 656 g/mol. The molecule has 6 heterocycles. The number of hydrogen-bond donors (Lipinski definition) is 0. The first kappa shape index (κ1) is 26.7. The summed E-state index contributed by atoms with van der Waals surface area (Å²) in [7, 11) is 0. The Balaban J connectivity index is 1.13. The molecule has 12 rings (SSSR count). The minimum absolute atomic E-state index is 0.755. The van der Waals surface area contributed by atoms with Crippen molar-refractivity contribution in [1.29, 1.82) is 0 Å². The topological polar surface area (TPSA) is 75.2 Å². The summed E-state index contributed by atoms with van der Waals surface area (Å²) < 4.78 is 11.1. The first-order chi connectivity index (χ1) is 25.3. The van der Waals surface area contributed by atoms with E-state index in [0.29, 0.717) is 0 Å². The molecule has 0 spiro atoms. The van der Waals surface area contributed by atoms with Crippen molar-refractivity contribution in [1.82, 2.24) is 42.4 Å². The van der Waals surface area contributed by atoms with Crippen molar-refractivity contribution < 1.29 is 0 Å². The van der Waals surface area contributed by atoms with Gasteiger partial charge in [0.1, 0.15) is 0 Å². The Morgan fingerprint density at radius 1 is 0.353 bits per heavy atom. The predicted octanol–water partition coefficient (Wildman–Crippen LogP) is 9.06. The van der Waals surface area contributed by atoms with E-state index in [4.69, 9.17) is 19.9 Å². The van der Waals surface area contributed by atoms with Crippen molar-refractivity contribution in [3.63, 3.8) is 0 Å². The number of hydrogen-bond acceptors (Lipinski definition) is 4. The van der Waals surface area contributed by atoms with Crippen LogP contribution in [0.4, 0.5) is 0 Å². The van der Waals surface area contributed by atoms with E-state index in [9.17, 15) is 0 Å². The molecule has 0 aliphatic rings. The van der Waals surface area contributed by atoms with E-state index in [1.165, 1.54) is 10.8 Å². The highest BCUT2D eigenvalue weighted by Gasteiger charge is 2.22. The maximum absolute atomic E-state index is 5.12. The number of nitrogens with zero attached hydrogens (tertiary/aromatic N) is 9. The van der Waals surface area contributed by atoms with Gasteiger partial charge < -0.3 is 4.57 Å². The summed E-state index contributed by atoms with van der Waals surface area (Å²) in [4.78, 5) is 19.8. The third-order valence-electron chi connectivity index (χ3n) is 10.2. The first-order valence-corrected chi connectivity index (χ1v) is 16.9. The summed E-state index contributed by atoms with van der Waals surface area (Å²) in [5.41, 5.74) is 13.0. The zero-order chi connectivity index (χ0) is 33.2. The molecule has 0 aliphatic carbocycles. The predicted molar refractivity (Wildman–Crippen MR) is 203 cm³/mol. The number of para-hydroxylation sites is 7. The molecule has 0 saturated carbocycles. The minimum atomic E-state index is 0.755. The number of imidazole rings is 4. The lowest BCUT2D eigenvalue weighted by Gasteiger charge is -2.12. The normalized spacial score (nSPS) is 12.3. The maximum atomic E-state index is 5.12. The van der Waals surface area contributed by atoms with Gasteiger partial charge in [0.05, 0.1) is 55.5 Å². The molecule has 0 N–H and O–H groups in total. The number of fused-ring (bicyclic) bond motifs is 13. The van der Waals surface area contributed by atoms with Crippen LogP contribution in [-0.4, -0.2) is 42.4 Å². The fraction of sp³-hybridized carbons (Fsp3) is 0. The Bertz CT molecular complexity index is 3390. The maximum Gasteiger partial charge on any atom is 0.223 e. The van der Waals surface area contributed by atoms with Crippen LogP contribution in [0.3, 0.4) is 0 Å². The van der Waals surface area contributed by atoms with Crippen molar-refractivity contribution >= 4 is 77.8 Å². The molecule has 51 heavy (non-hydrogen) atoms. The summed E-state index contributed by atoms with van der Waals surface area (Å²) in [6.07, 6.45) is 3.48. The largest absolute Gasteiger partial charge is 0.309 e. The van der Waals surface area contributed by atoms with Crippen LogP contribution in [0, 0.1) is 0 Å². The van der Waals surface area contributed by atoms with Crippen LogP contribution < -0.4 is 0 Å². The van der Waals surface area contributed by atoms with Crippen molar-refractivity contribution in [3.8, 4) is 17.1 Å². The van der Waals surface area contributed by atoms with Crippen LogP contribution in [0.1, 0.15) is 0 Å². The number of aromatic nitrogens is 9. The van der Waals surface area contributed by atoms with Gasteiger partial charge in [0.2, 0.25) is 11.6 Å². The smallest absolute Gasteiger partial charge is 0.223 e. The molecule has 0 fully saturated rings. The van der Waals surface area contributed by atoms with Gasteiger partial charge in [-0.3, -0.25) is 17.9 Å². The Hall–Kier alpha value is -7.26. The average Bonchev–Trinajstić information content (AvgIpc) is 3.97. The number of benzene rings is 6. The van der Waals surface area contributed by atoms with Gasteiger partial charge in [-0.15, -0.1) is 0 Å². The van der Waals surface area contributed by atoms with E-state index in [1.807, 2.05) is 24.3 Å². The molecule has 0 amide bonds. The molecule has 0 unspecified atom stereocenters. The van der Waals surface area contributed by atoms with Crippen LogP contribution in [0.15, 0.2) is 152 Å². The second-order valence-corrected chi connectivity index (χ2v) is 12.9. The Kier molecular flexibility index (Phi) is 5.06.